The van der Waals surface area contributed by atoms with Gasteiger partial charge in [-0.05, 0) is 18.6 Å². The number of aliphatic hydroxyl groups is 1. The van der Waals surface area contributed by atoms with Gasteiger partial charge in [0.15, 0.2) is 5.65 Å². The lowest BCUT2D eigenvalue weighted by molar-refractivity contribution is 0.195. The zero-order valence-corrected chi connectivity index (χ0v) is 11.9. The average molecular weight is 299 g/mol. The second-order valence-electron chi connectivity index (χ2n) is 4.62. The van der Waals surface area contributed by atoms with Gasteiger partial charge in [-0.1, -0.05) is 29.8 Å². The van der Waals surface area contributed by atoms with Crippen LogP contribution in [-0.2, 0) is 0 Å². The summed E-state index contributed by atoms with van der Waals surface area (Å²) in [5.74, 6) is 0. The molecule has 21 heavy (non-hydrogen) atoms. The molecule has 0 saturated heterocycles. The van der Waals surface area contributed by atoms with Gasteiger partial charge in [0.2, 0.25) is 5.69 Å². The molecule has 1 unspecified atom stereocenters. The Hall–Kier alpha value is -2.42. The first-order chi connectivity index (χ1) is 10.1. The van der Waals surface area contributed by atoms with Crippen molar-refractivity contribution in [2.24, 2.45) is 0 Å². The fourth-order valence-electron chi connectivity index (χ4n) is 2.32. The Bertz CT molecular complexity index is 864. The maximum Gasteiger partial charge on any atom is 0.219 e. The van der Waals surface area contributed by atoms with Gasteiger partial charge in [-0.25, -0.2) is 9.83 Å². The summed E-state index contributed by atoms with van der Waals surface area (Å²) in [6.07, 6.45) is 0.754. The summed E-state index contributed by atoms with van der Waals surface area (Å²) in [7, 11) is 0. The van der Waals surface area contributed by atoms with Crippen LogP contribution in [-0.4, -0.2) is 20.3 Å². The zero-order valence-electron chi connectivity index (χ0n) is 11.1. The molecule has 0 bridgehead atoms. The molecule has 104 valence electrons. The first-order valence-electron chi connectivity index (χ1n) is 6.31. The second-order valence-corrected chi connectivity index (χ2v) is 5.03. The van der Waals surface area contributed by atoms with Gasteiger partial charge in [-0.2, -0.15) is 5.10 Å². The van der Waals surface area contributed by atoms with Crippen LogP contribution < -0.4 is 0 Å². The van der Waals surface area contributed by atoms with Gasteiger partial charge < -0.3 is 5.11 Å². The largest absolute Gasteiger partial charge is 0.388 e. The molecule has 0 fully saturated rings. The highest BCUT2D eigenvalue weighted by Gasteiger charge is 2.21. The van der Waals surface area contributed by atoms with Crippen molar-refractivity contribution >= 4 is 28.3 Å². The van der Waals surface area contributed by atoms with Crippen molar-refractivity contribution in [2.75, 3.05) is 0 Å². The Labute approximate surface area is 126 Å². The molecule has 0 amide bonds. The number of rotatable bonds is 2. The van der Waals surface area contributed by atoms with E-state index in [2.05, 4.69) is 20.0 Å². The Morgan fingerprint density at radius 1 is 1.38 bits per heavy atom. The van der Waals surface area contributed by atoms with E-state index in [0.717, 1.165) is 5.56 Å². The van der Waals surface area contributed by atoms with Crippen molar-refractivity contribution in [3.8, 4) is 11.1 Å². The topological polar surface area (TPSA) is 66.2 Å². The van der Waals surface area contributed by atoms with Crippen LogP contribution in [0, 0.1) is 6.57 Å². The summed E-state index contributed by atoms with van der Waals surface area (Å²) in [6.45, 7) is 9.05. The van der Waals surface area contributed by atoms with Crippen LogP contribution in [0.15, 0.2) is 30.5 Å². The molecule has 3 aromatic rings. The number of nitrogens with one attached hydrogen (secondary N) is 1. The molecule has 0 aliphatic carbocycles. The van der Waals surface area contributed by atoms with Crippen molar-refractivity contribution < 1.29 is 5.11 Å². The number of aliphatic hydroxyl groups excluding tert-OH is 1. The number of hydrogen-bond donors (Lipinski definition) is 2. The van der Waals surface area contributed by atoms with E-state index in [0.29, 0.717) is 33.0 Å². The van der Waals surface area contributed by atoms with Crippen LogP contribution in [0.5, 0.6) is 0 Å². The van der Waals surface area contributed by atoms with E-state index in [-0.39, 0.29) is 0 Å². The Morgan fingerprint density at radius 3 is 2.81 bits per heavy atom. The lowest BCUT2D eigenvalue weighted by Crippen LogP contribution is -1.98. The van der Waals surface area contributed by atoms with Crippen molar-refractivity contribution in [3.05, 3.63) is 52.6 Å². The van der Waals surface area contributed by atoms with E-state index < -0.39 is 6.10 Å². The van der Waals surface area contributed by atoms with Gasteiger partial charge in [-0.3, -0.25) is 5.10 Å². The molecule has 5 nitrogen and oxygen atoms in total. The normalized spacial score (nSPS) is 12.3. The molecule has 1 aromatic carbocycles. The summed E-state index contributed by atoms with van der Waals surface area (Å²) in [5, 5.41) is 17.9. The number of nitrogens with zero attached hydrogens (tertiary/aromatic N) is 3. The number of aromatic nitrogens is 3. The number of fused-ring (bicyclic) bond motifs is 1. The van der Waals surface area contributed by atoms with Crippen molar-refractivity contribution in [1.82, 2.24) is 15.2 Å². The highest BCUT2D eigenvalue weighted by molar-refractivity contribution is 6.34. The number of benzene rings is 1. The van der Waals surface area contributed by atoms with E-state index >= 15 is 0 Å². The molecular formula is C15H11ClN4O. The zero-order chi connectivity index (χ0) is 15.0. The van der Waals surface area contributed by atoms with Crippen LogP contribution in [0.2, 0.25) is 5.02 Å². The minimum atomic E-state index is -0.858. The molecule has 0 radical (unpaired) electrons. The van der Waals surface area contributed by atoms with Gasteiger partial charge in [-0.15, -0.1) is 0 Å². The predicted octanol–water partition coefficient (Wildman–Crippen LogP) is 3.88. The molecule has 2 heterocycles. The molecule has 0 saturated carbocycles. The lowest BCUT2D eigenvalue weighted by Gasteiger charge is -2.13. The Kier molecular flexibility index (Phi) is 3.34. The molecule has 3 rings (SSSR count). The fraction of sp³-hybridized carbons (Fsp3) is 0.133. The van der Waals surface area contributed by atoms with E-state index in [1.165, 1.54) is 0 Å². The van der Waals surface area contributed by atoms with Crippen LogP contribution in [0.25, 0.3) is 27.0 Å². The number of halogens is 1. The van der Waals surface area contributed by atoms with Crippen LogP contribution >= 0.6 is 11.6 Å². The lowest BCUT2D eigenvalue weighted by atomic mass is 9.99. The first kappa shape index (κ1) is 13.6. The second kappa shape index (κ2) is 5.17. The van der Waals surface area contributed by atoms with Crippen molar-refractivity contribution in [1.29, 1.82) is 0 Å². The van der Waals surface area contributed by atoms with E-state index in [1.54, 1.807) is 19.2 Å². The molecule has 6 heteroatoms. The van der Waals surface area contributed by atoms with Crippen LogP contribution in [0.1, 0.15) is 18.7 Å². The Balaban J connectivity index is 2.48. The maximum atomic E-state index is 9.90. The van der Waals surface area contributed by atoms with Crippen molar-refractivity contribution in [2.45, 2.75) is 13.0 Å². The van der Waals surface area contributed by atoms with Crippen LogP contribution in [0.3, 0.4) is 0 Å². The minimum absolute atomic E-state index is 0.298. The summed E-state index contributed by atoms with van der Waals surface area (Å²) in [4.78, 5) is 7.86. The van der Waals surface area contributed by atoms with Crippen molar-refractivity contribution in [3.63, 3.8) is 0 Å². The van der Waals surface area contributed by atoms with Gasteiger partial charge in [0.05, 0.1) is 24.6 Å². The molecular weight excluding hydrogens is 288 g/mol. The van der Waals surface area contributed by atoms with E-state index in [1.807, 2.05) is 18.2 Å². The predicted molar refractivity (Wildman–Crippen MR) is 81.2 cm³/mol. The van der Waals surface area contributed by atoms with Gasteiger partial charge in [0, 0.05) is 16.0 Å². The quantitative estimate of drug-likeness (QED) is 0.706. The number of aromatic amines is 1. The van der Waals surface area contributed by atoms with E-state index in [9.17, 15) is 5.11 Å². The highest BCUT2D eigenvalue weighted by atomic mass is 35.5. The summed E-state index contributed by atoms with van der Waals surface area (Å²) in [6, 6.07) is 7.28. The smallest absolute Gasteiger partial charge is 0.219 e. The monoisotopic (exact) mass is 298 g/mol. The molecule has 1 atom stereocenters. The maximum absolute atomic E-state index is 9.90. The van der Waals surface area contributed by atoms with Crippen LogP contribution in [0.4, 0.5) is 5.69 Å². The number of hydrogen-bond acceptors (Lipinski definition) is 3. The molecule has 0 aliphatic heterocycles. The molecule has 2 N–H and O–H groups in total. The molecule has 0 spiro atoms. The first-order valence-corrected chi connectivity index (χ1v) is 6.68. The highest BCUT2D eigenvalue weighted by Crippen LogP contribution is 2.42. The summed E-state index contributed by atoms with van der Waals surface area (Å²) < 4.78 is 0. The molecule has 2 aromatic heterocycles. The third-order valence-corrected chi connectivity index (χ3v) is 3.58. The third-order valence-electron chi connectivity index (χ3n) is 3.25. The summed E-state index contributed by atoms with van der Waals surface area (Å²) >= 11 is 6.27. The standard InChI is InChI=1S/C15H11ClN4O/c1-8(21)13-14(17-2)12(9-5-3-4-6-11(9)16)10-7-18-20-15(10)19-13/h3-8,21H,1H3,(H,18,19,20). The molecule has 0 aliphatic rings. The SMILES string of the molecule is [C-]#[N+]c1c(C(C)O)nc2[nH]ncc2c1-c1ccccc1Cl. The fourth-order valence-corrected chi connectivity index (χ4v) is 2.55. The number of H-pyrrole nitrogens is 1. The minimum Gasteiger partial charge on any atom is -0.388 e. The average Bonchev–Trinajstić information content (AvgIpc) is 2.94. The van der Waals surface area contributed by atoms with Gasteiger partial charge >= 0.3 is 0 Å². The summed E-state index contributed by atoms with van der Waals surface area (Å²) in [5.41, 5.74) is 2.50. The van der Waals surface area contributed by atoms with Gasteiger partial charge in [0.25, 0.3) is 0 Å². The Morgan fingerprint density at radius 2 is 2.14 bits per heavy atom. The third kappa shape index (κ3) is 2.15. The number of pyridine rings is 1. The van der Waals surface area contributed by atoms with Gasteiger partial charge in [0.1, 0.15) is 0 Å². The van der Waals surface area contributed by atoms with E-state index in [4.69, 9.17) is 18.2 Å².